The molecule has 0 radical (unpaired) electrons. The molecular weight excluding hydrogens is 222 g/mol. The molecule has 84 valence electrons. The molecular formula is C13H14ClNO. The van der Waals surface area contributed by atoms with E-state index in [4.69, 9.17) is 5.73 Å². The quantitative estimate of drug-likeness (QED) is 0.814. The average molecular weight is 236 g/mol. The van der Waals surface area contributed by atoms with E-state index in [2.05, 4.69) is 13.0 Å². The Hall–Kier alpha value is -1.38. The van der Waals surface area contributed by atoms with Crippen LogP contribution in [-0.4, -0.2) is 12.3 Å². The summed E-state index contributed by atoms with van der Waals surface area (Å²) in [6.07, 6.45) is 0. The third kappa shape index (κ3) is 2.40. The fraction of sp³-hybridized carbons (Fsp3) is 0.154. The summed E-state index contributed by atoms with van der Waals surface area (Å²) in [4.78, 5) is 11.4. The van der Waals surface area contributed by atoms with Gasteiger partial charge in [0.15, 0.2) is 5.78 Å². The molecule has 0 bridgehead atoms. The predicted octanol–water partition coefficient (Wildman–Crippen LogP) is 2.71. The molecule has 0 aliphatic carbocycles. The van der Waals surface area contributed by atoms with Crippen molar-refractivity contribution >= 4 is 29.0 Å². The fourth-order valence-electron chi connectivity index (χ4n) is 1.66. The van der Waals surface area contributed by atoms with Gasteiger partial charge in [0, 0.05) is 5.56 Å². The molecule has 0 heterocycles. The molecule has 0 atom stereocenters. The number of carbonyl (C=O) groups is 1. The number of hydrogen-bond donors (Lipinski definition) is 1. The summed E-state index contributed by atoms with van der Waals surface area (Å²) >= 11 is 0. The minimum absolute atomic E-state index is 0. The number of ketones is 1. The van der Waals surface area contributed by atoms with Crippen LogP contribution in [0.5, 0.6) is 0 Å². The molecule has 2 N–H and O–H groups in total. The van der Waals surface area contributed by atoms with E-state index in [9.17, 15) is 4.79 Å². The second kappa shape index (κ2) is 5.10. The highest BCUT2D eigenvalue weighted by atomic mass is 35.5. The summed E-state index contributed by atoms with van der Waals surface area (Å²) in [5, 5.41) is 2.24. The Kier molecular flexibility index (Phi) is 4.05. The van der Waals surface area contributed by atoms with Crippen molar-refractivity contribution < 1.29 is 4.79 Å². The summed E-state index contributed by atoms with van der Waals surface area (Å²) in [5.41, 5.74) is 7.23. The Morgan fingerprint density at radius 1 is 1.12 bits per heavy atom. The largest absolute Gasteiger partial charge is 0.324 e. The summed E-state index contributed by atoms with van der Waals surface area (Å²) in [6, 6.07) is 11.9. The Labute approximate surface area is 101 Å². The second-order valence-electron chi connectivity index (χ2n) is 3.69. The zero-order valence-corrected chi connectivity index (χ0v) is 9.88. The zero-order chi connectivity index (χ0) is 10.8. The summed E-state index contributed by atoms with van der Waals surface area (Å²) < 4.78 is 0. The maximum Gasteiger partial charge on any atom is 0.176 e. The van der Waals surface area contributed by atoms with Gasteiger partial charge in [0.05, 0.1) is 6.54 Å². The van der Waals surface area contributed by atoms with E-state index in [0.717, 1.165) is 10.8 Å². The number of carbonyl (C=O) groups excluding carboxylic acids is 1. The van der Waals surface area contributed by atoms with E-state index in [1.165, 1.54) is 5.56 Å². The first-order valence-corrected chi connectivity index (χ1v) is 4.94. The molecule has 0 saturated carbocycles. The second-order valence-corrected chi connectivity index (χ2v) is 3.69. The Morgan fingerprint density at radius 2 is 1.75 bits per heavy atom. The van der Waals surface area contributed by atoms with Crippen LogP contribution in [0.1, 0.15) is 15.9 Å². The average Bonchev–Trinajstić information content (AvgIpc) is 2.27. The standard InChI is InChI=1S/C13H13NO.ClH/c1-9-2-3-11-7-12(13(15)8-14)5-4-10(11)6-9;/h2-7H,8,14H2,1H3;1H. The maximum atomic E-state index is 11.4. The summed E-state index contributed by atoms with van der Waals surface area (Å²) in [6.45, 7) is 2.12. The van der Waals surface area contributed by atoms with Gasteiger partial charge >= 0.3 is 0 Å². The molecule has 2 rings (SSSR count). The van der Waals surface area contributed by atoms with Gasteiger partial charge in [-0.3, -0.25) is 4.79 Å². The Bertz CT molecular complexity index is 522. The molecule has 0 aliphatic heterocycles. The van der Waals surface area contributed by atoms with Gasteiger partial charge in [-0.2, -0.15) is 0 Å². The van der Waals surface area contributed by atoms with E-state index < -0.39 is 0 Å². The van der Waals surface area contributed by atoms with Crippen LogP contribution in [0, 0.1) is 6.92 Å². The van der Waals surface area contributed by atoms with Gasteiger partial charge in [0.2, 0.25) is 0 Å². The van der Waals surface area contributed by atoms with Crippen molar-refractivity contribution in [2.24, 2.45) is 5.73 Å². The topological polar surface area (TPSA) is 43.1 Å². The van der Waals surface area contributed by atoms with Crippen LogP contribution in [0.4, 0.5) is 0 Å². The highest BCUT2D eigenvalue weighted by Gasteiger charge is 2.03. The van der Waals surface area contributed by atoms with Crippen LogP contribution in [0.15, 0.2) is 36.4 Å². The van der Waals surface area contributed by atoms with Gasteiger partial charge in [-0.25, -0.2) is 0 Å². The van der Waals surface area contributed by atoms with Gasteiger partial charge in [-0.05, 0) is 23.8 Å². The minimum atomic E-state index is -0.0162. The minimum Gasteiger partial charge on any atom is -0.324 e. The highest BCUT2D eigenvalue weighted by Crippen LogP contribution is 2.17. The molecule has 0 unspecified atom stereocenters. The molecule has 0 fully saturated rings. The molecule has 0 aliphatic rings. The van der Waals surface area contributed by atoms with Gasteiger partial charge in [-0.1, -0.05) is 35.9 Å². The van der Waals surface area contributed by atoms with Gasteiger partial charge in [-0.15, -0.1) is 12.4 Å². The van der Waals surface area contributed by atoms with Crippen LogP contribution in [0.2, 0.25) is 0 Å². The Morgan fingerprint density at radius 3 is 2.44 bits per heavy atom. The molecule has 0 spiro atoms. The number of benzene rings is 2. The zero-order valence-electron chi connectivity index (χ0n) is 9.07. The first-order chi connectivity index (χ1) is 7.20. The van der Waals surface area contributed by atoms with Crippen LogP contribution in [0.3, 0.4) is 0 Å². The molecule has 0 amide bonds. The molecule has 2 aromatic rings. The molecule has 3 heteroatoms. The molecule has 0 saturated heterocycles. The van der Waals surface area contributed by atoms with Crippen molar-refractivity contribution in [3.8, 4) is 0 Å². The van der Waals surface area contributed by atoms with Crippen LogP contribution < -0.4 is 5.73 Å². The highest BCUT2D eigenvalue weighted by molar-refractivity contribution is 6.01. The van der Waals surface area contributed by atoms with E-state index in [1.54, 1.807) is 0 Å². The number of fused-ring (bicyclic) bond motifs is 1. The lowest BCUT2D eigenvalue weighted by Gasteiger charge is -2.02. The third-order valence-corrected chi connectivity index (χ3v) is 2.50. The normalized spacial score (nSPS) is 9.88. The number of Topliss-reactive ketones (excluding diaryl/α,β-unsaturated/α-hetero) is 1. The van der Waals surface area contributed by atoms with Crippen molar-refractivity contribution in [2.75, 3.05) is 6.54 Å². The molecule has 2 nitrogen and oxygen atoms in total. The van der Waals surface area contributed by atoms with Crippen molar-refractivity contribution in [3.63, 3.8) is 0 Å². The monoisotopic (exact) mass is 235 g/mol. The molecule has 2 aromatic carbocycles. The smallest absolute Gasteiger partial charge is 0.176 e. The van der Waals surface area contributed by atoms with E-state index in [0.29, 0.717) is 5.56 Å². The third-order valence-electron chi connectivity index (χ3n) is 2.50. The Balaban J connectivity index is 0.00000128. The lowest BCUT2D eigenvalue weighted by Crippen LogP contribution is -2.13. The van der Waals surface area contributed by atoms with Crippen LogP contribution in [-0.2, 0) is 0 Å². The first-order valence-electron chi connectivity index (χ1n) is 4.94. The predicted molar refractivity (Wildman–Crippen MR) is 69.3 cm³/mol. The fourth-order valence-corrected chi connectivity index (χ4v) is 1.66. The summed E-state index contributed by atoms with van der Waals surface area (Å²) in [5.74, 6) is -0.0162. The van der Waals surface area contributed by atoms with E-state index in [-0.39, 0.29) is 24.7 Å². The van der Waals surface area contributed by atoms with Gasteiger partial charge < -0.3 is 5.73 Å². The molecule has 0 aromatic heterocycles. The van der Waals surface area contributed by atoms with Gasteiger partial charge in [0.1, 0.15) is 0 Å². The SMILES string of the molecule is Cc1ccc2cc(C(=O)CN)ccc2c1.Cl. The number of aryl methyl sites for hydroxylation is 1. The maximum absolute atomic E-state index is 11.4. The van der Waals surface area contributed by atoms with Crippen molar-refractivity contribution in [2.45, 2.75) is 6.92 Å². The van der Waals surface area contributed by atoms with E-state index >= 15 is 0 Å². The lowest BCUT2D eigenvalue weighted by molar-refractivity contribution is 0.100. The van der Waals surface area contributed by atoms with Crippen LogP contribution >= 0.6 is 12.4 Å². The number of nitrogens with two attached hydrogens (primary N) is 1. The molecule has 16 heavy (non-hydrogen) atoms. The number of hydrogen-bond acceptors (Lipinski definition) is 2. The first kappa shape index (κ1) is 12.7. The van der Waals surface area contributed by atoms with Crippen molar-refractivity contribution in [1.29, 1.82) is 0 Å². The lowest BCUT2D eigenvalue weighted by atomic mass is 10.0. The number of halogens is 1. The van der Waals surface area contributed by atoms with E-state index in [1.807, 2.05) is 30.3 Å². The number of rotatable bonds is 2. The van der Waals surface area contributed by atoms with Crippen molar-refractivity contribution in [1.82, 2.24) is 0 Å². The van der Waals surface area contributed by atoms with Crippen LogP contribution in [0.25, 0.3) is 10.8 Å². The van der Waals surface area contributed by atoms with Gasteiger partial charge in [0.25, 0.3) is 0 Å². The summed E-state index contributed by atoms with van der Waals surface area (Å²) in [7, 11) is 0. The van der Waals surface area contributed by atoms with Crippen molar-refractivity contribution in [3.05, 3.63) is 47.5 Å².